The van der Waals surface area contributed by atoms with Crippen molar-refractivity contribution in [3.63, 3.8) is 0 Å². The number of ether oxygens (including phenoxy) is 2. The van der Waals surface area contributed by atoms with Gasteiger partial charge >= 0.3 is 0 Å². The molecule has 0 aromatic carbocycles. The number of aliphatic hydroxyl groups excluding tert-OH is 1. The standard InChI is InChI=1S/C10H19NO3/c12-10-3-1-2-9(10)11-6-8-7-13-4-5-14-8/h8-12H,1-7H2. The van der Waals surface area contributed by atoms with Crippen molar-refractivity contribution in [1.82, 2.24) is 5.32 Å². The van der Waals surface area contributed by atoms with Gasteiger partial charge in [0.05, 0.1) is 32.0 Å². The van der Waals surface area contributed by atoms with Crippen LogP contribution in [0.5, 0.6) is 0 Å². The predicted octanol–water partition coefficient (Wildman–Crippen LogP) is -0.0952. The highest BCUT2D eigenvalue weighted by atomic mass is 16.6. The van der Waals surface area contributed by atoms with Gasteiger partial charge in [-0.25, -0.2) is 0 Å². The van der Waals surface area contributed by atoms with Gasteiger partial charge in [0, 0.05) is 12.6 Å². The fraction of sp³-hybridized carbons (Fsp3) is 1.00. The van der Waals surface area contributed by atoms with Crippen LogP contribution in [-0.4, -0.2) is 49.7 Å². The van der Waals surface area contributed by atoms with Gasteiger partial charge in [-0.1, -0.05) is 0 Å². The average Bonchev–Trinajstić information content (AvgIpc) is 2.63. The Morgan fingerprint density at radius 2 is 2.21 bits per heavy atom. The molecule has 0 spiro atoms. The van der Waals surface area contributed by atoms with Crippen LogP contribution in [0.1, 0.15) is 19.3 Å². The fourth-order valence-corrected chi connectivity index (χ4v) is 2.12. The highest BCUT2D eigenvalue weighted by Crippen LogP contribution is 2.18. The van der Waals surface area contributed by atoms with Crippen LogP contribution in [-0.2, 0) is 9.47 Å². The van der Waals surface area contributed by atoms with Gasteiger partial charge in [-0.05, 0) is 19.3 Å². The van der Waals surface area contributed by atoms with Crippen molar-refractivity contribution in [2.24, 2.45) is 0 Å². The van der Waals surface area contributed by atoms with E-state index in [1.165, 1.54) is 0 Å². The van der Waals surface area contributed by atoms with Crippen LogP contribution < -0.4 is 5.32 Å². The second-order valence-corrected chi connectivity index (χ2v) is 4.08. The molecule has 2 fully saturated rings. The lowest BCUT2D eigenvalue weighted by atomic mass is 10.2. The lowest BCUT2D eigenvalue weighted by molar-refractivity contribution is -0.0877. The lowest BCUT2D eigenvalue weighted by Gasteiger charge is -2.25. The highest BCUT2D eigenvalue weighted by molar-refractivity contribution is 4.83. The molecule has 1 aliphatic carbocycles. The maximum absolute atomic E-state index is 9.58. The molecule has 3 unspecified atom stereocenters. The number of rotatable bonds is 3. The fourth-order valence-electron chi connectivity index (χ4n) is 2.12. The second-order valence-electron chi connectivity index (χ2n) is 4.08. The molecule has 0 aromatic rings. The molecule has 4 heteroatoms. The number of hydrogen-bond donors (Lipinski definition) is 2. The molecule has 0 amide bonds. The molecule has 1 saturated carbocycles. The van der Waals surface area contributed by atoms with Crippen molar-refractivity contribution in [1.29, 1.82) is 0 Å². The number of aliphatic hydroxyl groups is 1. The summed E-state index contributed by atoms with van der Waals surface area (Å²) in [5, 5.41) is 12.9. The maximum Gasteiger partial charge on any atom is 0.0933 e. The molecule has 82 valence electrons. The van der Waals surface area contributed by atoms with Crippen LogP contribution in [0, 0.1) is 0 Å². The van der Waals surface area contributed by atoms with Gasteiger partial charge in [0.2, 0.25) is 0 Å². The molecule has 0 bridgehead atoms. The first-order valence-corrected chi connectivity index (χ1v) is 5.47. The molecule has 1 heterocycles. The monoisotopic (exact) mass is 201 g/mol. The summed E-state index contributed by atoms with van der Waals surface area (Å²) < 4.78 is 10.8. The van der Waals surface area contributed by atoms with E-state index in [1.807, 2.05) is 0 Å². The molecule has 0 radical (unpaired) electrons. The summed E-state index contributed by atoms with van der Waals surface area (Å²) in [6, 6.07) is 0.264. The summed E-state index contributed by atoms with van der Waals surface area (Å²) in [4.78, 5) is 0. The number of hydrogen-bond acceptors (Lipinski definition) is 4. The summed E-state index contributed by atoms with van der Waals surface area (Å²) >= 11 is 0. The van der Waals surface area contributed by atoms with Crippen LogP contribution in [0.4, 0.5) is 0 Å². The Morgan fingerprint density at radius 3 is 2.86 bits per heavy atom. The summed E-state index contributed by atoms with van der Waals surface area (Å²) in [7, 11) is 0. The van der Waals surface area contributed by atoms with E-state index in [2.05, 4.69) is 5.32 Å². The summed E-state index contributed by atoms with van der Waals surface area (Å²) in [6.07, 6.45) is 3.13. The van der Waals surface area contributed by atoms with Crippen LogP contribution in [0.2, 0.25) is 0 Å². The van der Waals surface area contributed by atoms with E-state index in [1.54, 1.807) is 0 Å². The van der Waals surface area contributed by atoms with Crippen molar-refractivity contribution in [2.75, 3.05) is 26.4 Å². The van der Waals surface area contributed by atoms with E-state index in [0.29, 0.717) is 19.8 Å². The third-order valence-electron chi connectivity index (χ3n) is 2.97. The SMILES string of the molecule is OC1CCCC1NCC1COCCO1. The first-order chi connectivity index (χ1) is 6.86. The van der Waals surface area contributed by atoms with E-state index >= 15 is 0 Å². The first kappa shape index (κ1) is 10.4. The minimum Gasteiger partial charge on any atom is -0.392 e. The Labute approximate surface area is 84.6 Å². The molecule has 2 N–H and O–H groups in total. The largest absolute Gasteiger partial charge is 0.392 e. The van der Waals surface area contributed by atoms with Gasteiger partial charge in [0.1, 0.15) is 0 Å². The molecule has 14 heavy (non-hydrogen) atoms. The number of nitrogens with one attached hydrogen (secondary N) is 1. The average molecular weight is 201 g/mol. The molecule has 1 aliphatic heterocycles. The van der Waals surface area contributed by atoms with Crippen LogP contribution in [0.15, 0.2) is 0 Å². The third kappa shape index (κ3) is 2.67. The molecule has 4 nitrogen and oxygen atoms in total. The zero-order valence-corrected chi connectivity index (χ0v) is 8.45. The molecule has 1 saturated heterocycles. The molecular weight excluding hydrogens is 182 g/mol. The highest BCUT2D eigenvalue weighted by Gasteiger charge is 2.25. The Bertz CT molecular complexity index is 171. The maximum atomic E-state index is 9.58. The quantitative estimate of drug-likeness (QED) is 0.670. The second kappa shape index (κ2) is 5.07. The van der Waals surface area contributed by atoms with Gasteiger partial charge in [-0.15, -0.1) is 0 Å². The normalized spacial score (nSPS) is 38.8. The van der Waals surface area contributed by atoms with Crippen LogP contribution in [0.25, 0.3) is 0 Å². The zero-order valence-electron chi connectivity index (χ0n) is 8.45. The minimum atomic E-state index is -0.167. The first-order valence-electron chi connectivity index (χ1n) is 5.47. The Balaban J connectivity index is 1.65. The summed E-state index contributed by atoms with van der Waals surface area (Å²) in [6.45, 7) is 2.87. The Hall–Kier alpha value is -0.160. The van der Waals surface area contributed by atoms with Crippen molar-refractivity contribution in [3.05, 3.63) is 0 Å². The summed E-state index contributed by atoms with van der Waals surface area (Å²) in [5.41, 5.74) is 0. The molecule has 2 rings (SSSR count). The molecule has 0 aromatic heterocycles. The van der Waals surface area contributed by atoms with Gasteiger partial charge in [-0.3, -0.25) is 0 Å². The van der Waals surface area contributed by atoms with Gasteiger partial charge in [0.15, 0.2) is 0 Å². The van der Waals surface area contributed by atoms with Crippen LogP contribution >= 0.6 is 0 Å². The zero-order chi connectivity index (χ0) is 9.80. The van der Waals surface area contributed by atoms with Crippen LogP contribution in [0.3, 0.4) is 0 Å². The molecular formula is C10H19NO3. The van der Waals surface area contributed by atoms with E-state index < -0.39 is 0 Å². The Kier molecular flexibility index (Phi) is 3.75. The Morgan fingerprint density at radius 1 is 1.29 bits per heavy atom. The predicted molar refractivity (Wildman–Crippen MR) is 52.2 cm³/mol. The van der Waals surface area contributed by atoms with E-state index in [9.17, 15) is 5.11 Å². The topological polar surface area (TPSA) is 50.7 Å². The van der Waals surface area contributed by atoms with Gasteiger partial charge in [-0.2, -0.15) is 0 Å². The van der Waals surface area contributed by atoms with E-state index in [-0.39, 0.29) is 18.2 Å². The van der Waals surface area contributed by atoms with Gasteiger partial charge < -0.3 is 19.9 Å². The molecule has 2 aliphatic rings. The van der Waals surface area contributed by atoms with E-state index in [0.717, 1.165) is 25.8 Å². The van der Waals surface area contributed by atoms with Crippen molar-refractivity contribution < 1.29 is 14.6 Å². The van der Waals surface area contributed by atoms with Crippen molar-refractivity contribution in [3.8, 4) is 0 Å². The minimum absolute atomic E-state index is 0.163. The van der Waals surface area contributed by atoms with Gasteiger partial charge in [0.25, 0.3) is 0 Å². The summed E-state index contributed by atoms with van der Waals surface area (Å²) in [5.74, 6) is 0. The van der Waals surface area contributed by atoms with E-state index in [4.69, 9.17) is 9.47 Å². The lowest BCUT2D eigenvalue weighted by Crippen LogP contribution is -2.44. The van der Waals surface area contributed by atoms with Crippen molar-refractivity contribution in [2.45, 2.75) is 37.5 Å². The molecule has 3 atom stereocenters. The third-order valence-corrected chi connectivity index (χ3v) is 2.97. The van der Waals surface area contributed by atoms with Crippen molar-refractivity contribution >= 4 is 0 Å². The smallest absolute Gasteiger partial charge is 0.0933 e.